The molecule has 31 heavy (non-hydrogen) atoms. The lowest BCUT2D eigenvalue weighted by atomic mass is 10.1. The van der Waals surface area contributed by atoms with E-state index in [-0.39, 0.29) is 24.1 Å². The maximum Gasteiger partial charge on any atom is 0.416 e. The minimum Gasteiger partial charge on any atom is -0.492 e. The zero-order valence-electron chi connectivity index (χ0n) is 15.6. The summed E-state index contributed by atoms with van der Waals surface area (Å²) < 4.78 is 86.9. The lowest BCUT2D eigenvalue weighted by Gasteiger charge is -2.15. The molecule has 0 atom stereocenters. The van der Waals surface area contributed by atoms with Crippen molar-refractivity contribution < 1.29 is 45.5 Å². The minimum atomic E-state index is -4.83. The highest BCUT2D eigenvalue weighted by molar-refractivity contribution is 5.93. The van der Waals surface area contributed by atoms with Crippen LogP contribution in [0.5, 0.6) is 11.5 Å². The van der Waals surface area contributed by atoms with Crippen LogP contribution in [-0.2, 0) is 17.1 Å². The summed E-state index contributed by atoms with van der Waals surface area (Å²) in [5, 5.41) is 13.1. The zero-order valence-corrected chi connectivity index (χ0v) is 15.6. The SMILES string of the molecule is CCOc1ccc(C(F)(F)F)cc1NC(=O)COc1ccc(C(F)(F)F)cc1[N+](=O)[O-]. The van der Waals surface area contributed by atoms with Crippen molar-refractivity contribution in [3.8, 4) is 11.5 Å². The highest BCUT2D eigenvalue weighted by Crippen LogP contribution is 2.37. The summed E-state index contributed by atoms with van der Waals surface area (Å²) in [5.74, 6) is -1.71. The first-order chi connectivity index (χ1) is 14.3. The first-order valence-electron chi connectivity index (χ1n) is 8.45. The quantitative estimate of drug-likeness (QED) is 0.361. The summed E-state index contributed by atoms with van der Waals surface area (Å²) in [5.41, 5.74) is -3.71. The number of anilines is 1. The Morgan fingerprint density at radius 1 is 0.968 bits per heavy atom. The molecular formula is C18H14F6N2O5. The molecule has 2 aromatic carbocycles. The lowest BCUT2D eigenvalue weighted by molar-refractivity contribution is -0.386. The van der Waals surface area contributed by atoms with Crippen LogP contribution < -0.4 is 14.8 Å². The van der Waals surface area contributed by atoms with Crippen molar-refractivity contribution in [1.82, 2.24) is 0 Å². The third-order valence-corrected chi connectivity index (χ3v) is 3.72. The second-order valence-corrected chi connectivity index (χ2v) is 5.92. The third-order valence-electron chi connectivity index (χ3n) is 3.72. The predicted octanol–water partition coefficient (Wildman–Crippen LogP) is 5.05. The van der Waals surface area contributed by atoms with E-state index in [1.165, 1.54) is 0 Å². The number of nitrogens with zero attached hydrogens (tertiary/aromatic N) is 1. The molecule has 1 amide bonds. The molecule has 0 saturated heterocycles. The van der Waals surface area contributed by atoms with Crippen molar-refractivity contribution in [2.45, 2.75) is 19.3 Å². The standard InChI is InChI=1S/C18H14F6N2O5/c1-2-30-14-5-3-10(17(19,20)21)7-12(14)25-16(27)9-31-15-6-4-11(18(22,23)24)8-13(15)26(28)29/h3-8H,2,9H2,1H3,(H,25,27). The van der Waals surface area contributed by atoms with Crippen molar-refractivity contribution in [3.05, 3.63) is 57.6 Å². The van der Waals surface area contributed by atoms with Gasteiger partial charge in [0.25, 0.3) is 5.91 Å². The second kappa shape index (κ2) is 9.10. The molecule has 0 radical (unpaired) electrons. The Morgan fingerprint density at radius 3 is 2.03 bits per heavy atom. The van der Waals surface area contributed by atoms with E-state index < -0.39 is 52.4 Å². The van der Waals surface area contributed by atoms with Crippen LogP contribution in [0.15, 0.2) is 36.4 Å². The van der Waals surface area contributed by atoms with Gasteiger partial charge in [-0.3, -0.25) is 14.9 Å². The number of carbonyl (C=O) groups is 1. The van der Waals surface area contributed by atoms with Gasteiger partial charge in [0.2, 0.25) is 0 Å². The number of nitrogens with one attached hydrogen (secondary N) is 1. The van der Waals surface area contributed by atoms with Crippen LogP contribution in [0.1, 0.15) is 18.1 Å². The Bertz CT molecular complexity index is 975. The van der Waals surface area contributed by atoms with Crippen molar-refractivity contribution in [2.75, 3.05) is 18.5 Å². The summed E-state index contributed by atoms with van der Waals surface area (Å²) in [6, 6.07) is 3.83. The number of rotatable bonds is 7. The number of ether oxygens (including phenoxy) is 2. The van der Waals surface area contributed by atoms with E-state index in [0.717, 1.165) is 12.1 Å². The molecule has 0 aliphatic carbocycles. The van der Waals surface area contributed by atoms with Gasteiger partial charge in [0.1, 0.15) is 5.75 Å². The molecule has 0 aliphatic heterocycles. The smallest absolute Gasteiger partial charge is 0.416 e. The van der Waals surface area contributed by atoms with Gasteiger partial charge in [0.15, 0.2) is 12.4 Å². The van der Waals surface area contributed by atoms with Gasteiger partial charge in [-0.15, -0.1) is 0 Å². The summed E-state index contributed by atoms with van der Waals surface area (Å²) in [6.07, 6.45) is -9.53. The van der Waals surface area contributed by atoms with Crippen LogP contribution >= 0.6 is 0 Å². The average molecular weight is 452 g/mol. The van der Waals surface area contributed by atoms with Crippen LogP contribution in [0.25, 0.3) is 0 Å². The van der Waals surface area contributed by atoms with Gasteiger partial charge in [0, 0.05) is 6.07 Å². The van der Waals surface area contributed by atoms with Gasteiger partial charge in [-0.05, 0) is 37.3 Å². The molecule has 0 aromatic heterocycles. The maximum absolute atomic E-state index is 12.9. The summed E-state index contributed by atoms with van der Waals surface area (Å²) >= 11 is 0. The van der Waals surface area contributed by atoms with Crippen LogP contribution in [-0.4, -0.2) is 24.0 Å². The van der Waals surface area contributed by atoms with Gasteiger partial charge in [0.05, 0.1) is 28.3 Å². The van der Waals surface area contributed by atoms with E-state index in [0.29, 0.717) is 18.2 Å². The number of nitro groups is 1. The zero-order chi connectivity index (χ0) is 23.4. The second-order valence-electron chi connectivity index (χ2n) is 5.92. The number of nitro benzene ring substituents is 1. The molecule has 2 aromatic rings. The minimum absolute atomic E-state index is 0.0654. The first kappa shape index (κ1) is 23.8. The Labute approximate surface area is 170 Å². The molecule has 0 spiro atoms. The van der Waals surface area contributed by atoms with Crippen molar-refractivity contribution in [2.24, 2.45) is 0 Å². The van der Waals surface area contributed by atoms with E-state index in [2.05, 4.69) is 5.32 Å². The molecule has 7 nitrogen and oxygen atoms in total. The molecule has 0 unspecified atom stereocenters. The Kier molecular flexibility index (Phi) is 6.98. The fourth-order valence-corrected chi connectivity index (χ4v) is 2.37. The van der Waals surface area contributed by atoms with Gasteiger partial charge >= 0.3 is 18.0 Å². The topological polar surface area (TPSA) is 90.7 Å². The number of benzene rings is 2. The number of hydrogen-bond donors (Lipinski definition) is 1. The molecular weight excluding hydrogens is 438 g/mol. The fourth-order valence-electron chi connectivity index (χ4n) is 2.37. The number of alkyl halides is 6. The van der Waals surface area contributed by atoms with E-state index >= 15 is 0 Å². The van der Waals surface area contributed by atoms with Gasteiger partial charge in [-0.2, -0.15) is 26.3 Å². The van der Waals surface area contributed by atoms with E-state index in [9.17, 15) is 41.3 Å². The predicted molar refractivity (Wildman–Crippen MR) is 94.8 cm³/mol. The van der Waals surface area contributed by atoms with Crippen LogP contribution in [0.4, 0.5) is 37.7 Å². The lowest BCUT2D eigenvalue weighted by Crippen LogP contribution is -2.21. The number of halogens is 6. The normalized spacial score (nSPS) is 11.7. The molecule has 1 N–H and O–H groups in total. The molecule has 0 saturated carbocycles. The van der Waals surface area contributed by atoms with Gasteiger partial charge in [-0.25, -0.2) is 0 Å². The van der Waals surface area contributed by atoms with Crippen LogP contribution in [0.3, 0.4) is 0 Å². The number of amides is 1. The summed E-state index contributed by atoms with van der Waals surface area (Å²) in [6.45, 7) is 0.729. The van der Waals surface area contributed by atoms with Crippen LogP contribution in [0.2, 0.25) is 0 Å². The first-order valence-corrected chi connectivity index (χ1v) is 8.45. The van der Waals surface area contributed by atoms with Gasteiger partial charge in [-0.1, -0.05) is 0 Å². The van der Waals surface area contributed by atoms with E-state index in [1.807, 2.05) is 0 Å². The molecule has 168 valence electrons. The number of hydrogen-bond acceptors (Lipinski definition) is 5. The van der Waals surface area contributed by atoms with Gasteiger partial charge < -0.3 is 14.8 Å². The van der Waals surface area contributed by atoms with E-state index in [1.54, 1.807) is 6.92 Å². The van der Waals surface area contributed by atoms with Crippen LogP contribution in [0, 0.1) is 10.1 Å². The van der Waals surface area contributed by atoms with Crippen molar-refractivity contribution in [3.63, 3.8) is 0 Å². The molecule has 0 aliphatic rings. The number of carbonyl (C=O) groups excluding carboxylic acids is 1. The summed E-state index contributed by atoms with van der Waals surface area (Å²) in [7, 11) is 0. The highest BCUT2D eigenvalue weighted by Gasteiger charge is 2.34. The molecule has 2 rings (SSSR count). The van der Waals surface area contributed by atoms with E-state index in [4.69, 9.17) is 9.47 Å². The maximum atomic E-state index is 12.9. The summed E-state index contributed by atoms with van der Waals surface area (Å²) in [4.78, 5) is 22.0. The fraction of sp³-hybridized carbons (Fsp3) is 0.278. The van der Waals surface area contributed by atoms with Crippen molar-refractivity contribution >= 4 is 17.3 Å². The average Bonchev–Trinajstić information content (AvgIpc) is 2.66. The highest BCUT2D eigenvalue weighted by atomic mass is 19.4. The largest absolute Gasteiger partial charge is 0.492 e. The molecule has 13 heteroatoms. The Hall–Kier alpha value is -3.51. The molecule has 0 heterocycles. The monoisotopic (exact) mass is 452 g/mol. The van der Waals surface area contributed by atoms with Crippen molar-refractivity contribution in [1.29, 1.82) is 0 Å². The molecule has 0 fully saturated rings. The molecule has 0 bridgehead atoms. The Morgan fingerprint density at radius 2 is 1.52 bits per heavy atom. The third kappa shape index (κ3) is 6.23. The Balaban J connectivity index is 2.20.